The Labute approximate surface area is 207 Å². The molecule has 2 atom stereocenters. The van der Waals surface area contributed by atoms with Crippen molar-refractivity contribution in [1.82, 2.24) is 30.1 Å². The number of tetrazole rings is 1. The zero-order valence-electron chi connectivity index (χ0n) is 21.2. The van der Waals surface area contributed by atoms with E-state index in [9.17, 15) is 4.79 Å². The van der Waals surface area contributed by atoms with E-state index in [1.807, 2.05) is 17.7 Å². The number of fused-ring (bicyclic) bond motifs is 1. The minimum Gasteiger partial charge on any atom is -0.376 e. The Hall–Kier alpha value is -2.58. The summed E-state index contributed by atoms with van der Waals surface area (Å²) in [6.07, 6.45) is 8.31. The first-order chi connectivity index (χ1) is 17.0. The second-order valence-electron chi connectivity index (χ2n) is 10.7. The maximum Gasteiger partial charge on any atom is 0.252 e. The van der Waals surface area contributed by atoms with Crippen LogP contribution in [-0.4, -0.2) is 48.8 Å². The van der Waals surface area contributed by atoms with E-state index < -0.39 is 0 Å². The molecule has 1 aliphatic carbocycles. The highest BCUT2D eigenvalue weighted by atomic mass is 16.5. The van der Waals surface area contributed by atoms with Crippen LogP contribution in [0, 0.1) is 12.8 Å². The summed E-state index contributed by atoms with van der Waals surface area (Å²) in [7, 11) is 0. The van der Waals surface area contributed by atoms with E-state index in [2.05, 4.69) is 57.5 Å². The lowest BCUT2D eigenvalue weighted by atomic mass is 9.90. The van der Waals surface area contributed by atoms with Gasteiger partial charge in [0.1, 0.15) is 0 Å². The van der Waals surface area contributed by atoms with Crippen LogP contribution in [0.4, 0.5) is 0 Å². The van der Waals surface area contributed by atoms with Crippen molar-refractivity contribution in [2.45, 2.75) is 97.0 Å². The maximum atomic E-state index is 13.2. The average Bonchev–Trinajstić information content (AvgIpc) is 3.52. The predicted octanol–water partition coefficient (Wildman–Crippen LogP) is 4.53. The fraction of sp³-hybridized carbons (Fsp3) is 0.630. The molecule has 0 amide bonds. The minimum atomic E-state index is -0.00892. The molecule has 1 saturated carbocycles. The second-order valence-corrected chi connectivity index (χ2v) is 10.7. The molecule has 8 heteroatoms. The van der Waals surface area contributed by atoms with E-state index in [1.165, 1.54) is 19.3 Å². The van der Waals surface area contributed by atoms with Crippen LogP contribution in [0.25, 0.3) is 10.9 Å². The Morgan fingerprint density at radius 3 is 2.71 bits per heavy atom. The van der Waals surface area contributed by atoms with Crippen LogP contribution < -0.4 is 5.56 Å². The lowest BCUT2D eigenvalue weighted by Crippen LogP contribution is -2.43. The normalized spacial score (nSPS) is 20.3. The van der Waals surface area contributed by atoms with E-state index in [-0.39, 0.29) is 23.6 Å². The molecule has 8 nitrogen and oxygen atoms in total. The van der Waals surface area contributed by atoms with Gasteiger partial charge in [-0.15, -0.1) is 5.10 Å². The first kappa shape index (κ1) is 24.1. The minimum absolute atomic E-state index is 0.00892. The third-order valence-corrected chi connectivity index (χ3v) is 7.69. The second kappa shape index (κ2) is 10.6. The number of pyridine rings is 1. The van der Waals surface area contributed by atoms with E-state index in [0.29, 0.717) is 19.1 Å². The van der Waals surface area contributed by atoms with Gasteiger partial charge in [0.25, 0.3) is 5.56 Å². The van der Waals surface area contributed by atoms with Gasteiger partial charge in [-0.1, -0.05) is 45.2 Å². The average molecular weight is 479 g/mol. The van der Waals surface area contributed by atoms with Crippen molar-refractivity contribution in [3.05, 3.63) is 51.6 Å². The molecule has 0 unspecified atom stereocenters. The summed E-state index contributed by atoms with van der Waals surface area (Å²) in [6.45, 7) is 8.59. The molecule has 1 saturated heterocycles. The molecule has 1 aromatic carbocycles. The third kappa shape index (κ3) is 5.33. The summed E-state index contributed by atoms with van der Waals surface area (Å²) in [5.41, 5.74) is 2.83. The van der Waals surface area contributed by atoms with Crippen molar-refractivity contribution >= 4 is 10.9 Å². The zero-order chi connectivity index (χ0) is 24.4. The molecule has 0 radical (unpaired) electrons. The molecule has 2 aromatic heterocycles. The van der Waals surface area contributed by atoms with Crippen molar-refractivity contribution < 1.29 is 4.74 Å². The van der Waals surface area contributed by atoms with Gasteiger partial charge in [0.15, 0.2) is 5.82 Å². The number of hydrogen-bond donors (Lipinski definition) is 1. The van der Waals surface area contributed by atoms with Gasteiger partial charge in [0, 0.05) is 30.3 Å². The zero-order valence-corrected chi connectivity index (χ0v) is 21.2. The van der Waals surface area contributed by atoms with Crippen molar-refractivity contribution in [2.75, 3.05) is 6.61 Å². The number of nitrogens with zero attached hydrogens (tertiary/aromatic N) is 5. The van der Waals surface area contributed by atoms with Crippen LogP contribution in [0.3, 0.4) is 0 Å². The molecular formula is C27H38N6O2. The summed E-state index contributed by atoms with van der Waals surface area (Å²) >= 11 is 0. The molecule has 35 heavy (non-hydrogen) atoms. The molecule has 2 aliphatic rings. The molecular weight excluding hydrogens is 440 g/mol. The Kier molecular flexibility index (Phi) is 7.29. The van der Waals surface area contributed by atoms with E-state index in [1.54, 1.807) is 0 Å². The largest absolute Gasteiger partial charge is 0.376 e. The van der Waals surface area contributed by atoms with Crippen LogP contribution in [0.5, 0.6) is 0 Å². The summed E-state index contributed by atoms with van der Waals surface area (Å²) in [4.78, 5) is 18.8. The fourth-order valence-electron chi connectivity index (χ4n) is 5.91. The van der Waals surface area contributed by atoms with Gasteiger partial charge >= 0.3 is 0 Å². The lowest BCUT2D eigenvalue weighted by molar-refractivity contribution is 0.0553. The maximum absolute atomic E-state index is 13.2. The number of aromatic nitrogens is 5. The first-order valence-corrected chi connectivity index (χ1v) is 13.3. The van der Waals surface area contributed by atoms with Crippen molar-refractivity contribution in [3.63, 3.8) is 0 Å². The highest BCUT2D eigenvalue weighted by Gasteiger charge is 2.35. The van der Waals surface area contributed by atoms with Gasteiger partial charge in [-0.05, 0) is 72.0 Å². The SMILES string of the molecule is Cc1ccc2cc(CN(C3CCCCC3)[C@@H](c3nnnn3C[C@H]3CCCO3)C(C)C)c(=O)[nH]c2c1. The molecule has 1 aliphatic heterocycles. The van der Waals surface area contributed by atoms with Crippen LogP contribution in [0.15, 0.2) is 29.1 Å². The van der Waals surface area contributed by atoms with Crippen molar-refractivity contribution in [3.8, 4) is 0 Å². The van der Waals surface area contributed by atoms with Gasteiger partial charge in [-0.3, -0.25) is 9.69 Å². The predicted molar refractivity (Wildman–Crippen MR) is 136 cm³/mol. The van der Waals surface area contributed by atoms with Crippen LogP contribution in [-0.2, 0) is 17.8 Å². The number of nitrogens with one attached hydrogen (secondary N) is 1. The Morgan fingerprint density at radius 2 is 1.97 bits per heavy atom. The van der Waals surface area contributed by atoms with Gasteiger partial charge in [-0.25, -0.2) is 4.68 Å². The highest BCUT2D eigenvalue weighted by Crippen LogP contribution is 2.35. The number of hydrogen-bond acceptors (Lipinski definition) is 6. The van der Waals surface area contributed by atoms with Crippen LogP contribution >= 0.6 is 0 Å². The summed E-state index contributed by atoms with van der Waals surface area (Å²) in [5, 5.41) is 14.1. The number of rotatable bonds is 8. The topological polar surface area (TPSA) is 88.9 Å². The van der Waals surface area contributed by atoms with Gasteiger partial charge in [-0.2, -0.15) is 0 Å². The molecule has 2 fully saturated rings. The van der Waals surface area contributed by atoms with Gasteiger partial charge < -0.3 is 9.72 Å². The van der Waals surface area contributed by atoms with Gasteiger partial charge in [0.2, 0.25) is 0 Å². The number of H-pyrrole nitrogens is 1. The monoisotopic (exact) mass is 478 g/mol. The number of aryl methyl sites for hydroxylation is 1. The van der Waals surface area contributed by atoms with Crippen LogP contribution in [0.1, 0.15) is 81.8 Å². The quantitative estimate of drug-likeness (QED) is 0.512. The summed E-state index contributed by atoms with van der Waals surface area (Å²) < 4.78 is 7.83. The van der Waals surface area contributed by atoms with Crippen molar-refractivity contribution in [1.29, 1.82) is 0 Å². The lowest BCUT2D eigenvalue weighted by Gasteiger charge is -2.41. The first-order valence-electron chi connectivity index (χ1n) is 13.3. The summed E-state index contributed by atoms with van der Waals surface area (Å²) in [5.74, 6) is 1.17. The number of aromatic amines is 1. The molecule has 3 aromatic rings. The van der Waals surface area contributed by atoms with Crippen molar-refractivity contribution in [2.24, 2.45) is 5.92 Å². The summed E-state index contributed by atoms with van der Waals surface area (Å²) in [6, 6.07) is 8.71. The third-order valence-electron chi connectivity index (χ3n) is 7.69. The molecule has 0 bridgehead atoms. The number of benzene rings is 1. The Bertz CT molecular complexity index is 1190. The Balaban J connectivity index is 1.51. The number of ether oxygens (including phenoxy) is 1. The van der Waals surface area contributed by atoms with E-state index in [4.69, 9.17) is 4.74 Å². The van der Waals surface area contributed by atoms with Crippen LogP contribution in [0.2, 0.25) is 0 Å². The Morgan fingerprint density at radius 1 is 1.14 bits per heavy atom. The highest BCUT2D eigenvalue weighted by molar-refractivity contribution is 5.79. The fourth-order valence-corrected chi connectivity index (χ4v) is 5.91. The van der Waals surface area contributed by atoms with E-state index in [0.717, 1.165) is 60.1 Å². The molecule has 1 N–H and O–H groups in total. The standard InChI is InChI=1S/C27H38N6O2/c1-18(2)25(26-29-30-31-33(26)17-23-10-7-13-35-23)32(22-8-5-4-6-9-22)16-21-15-20-12-11-19(3)14-24(20)28-27(21)34/h11-12,14-15,18,22-23,25H,4-10,13,16-17H2,1-3H3,(H,28,34)/t23-,25-/m1/s1. The molecule has 3 heterocycles. The molecule has 5 rings (SSSR count). The smallest absolute Gasteiger partial charge is 0.252 e. The molecule has 188 valence electrons. The molecule has 0 spiro atoms. The van der Waals surface area contributed by atoms with E-state index >= 15 is 0 Å². The van der Waals surface area contributed by atoms with Gasteiger partial charge in [0.05, 0.1) is 18.7 Å².